The predicted octanol–water partition coefficient (Wildman–Crippen LogP) is 3.30. The first-order valence-corrected chi connectivity index (χ1v) is 8.79. The number of aryl methyl sites for hydroxylation is 1. The van der Waals surface area contributed by atoms with Crippen LogP contribution in [0.3, 0.4) is 0 Å². The van der Waals surface area contributed by atoms with Gasteiger partial charge in [-0.1, -0.05) is 12.1 Å². The molecule has 0 radical (unpaired) electrons. The van der Waals surface area contributed by atoms with Gasteiger partial charge < -0.3 is 15.1 Å². The van der Waals surface area contributed by atoms with Crippen LogP contribution in [-0.4, -0.2) is 21.4 Å². The molecule has 0 atom stereocenters. The Balaban J connectivity index is 1.60. The summed E-state index contributed by atoms with van der Waals surface area (Å²) in [5.41, 5.74) is 2.36. The van der Waals surface area contributed by atoms with E-state index in [4.69, 9.17) is 9.68 Å². The number of furan rings is 1. The molecule has 2 N–H and O–H groups in total. The summed E-state index contributed by atoms with van der Waals surface area (Å²) < 4.78 is 5.69. The van der Waals surface area contributed by atoms with Gasteiger partial charge in [-0.3, -0.25) is 4.79 Å². The van der Waals surface area contributed by atoms with Gasteiger partial charge in [0.2, 0.25) is 5.71 Å². The third-order valence-corrected chi connectivity index (χ3v) is 4.85. The van der Waals surface area contributed by atoms with Crippen molar-refractivity contribution in [3.63, 3.8) is 0 Å². The van der Waals surface area contributed by atoms with Gasteiger partial charge in [-0.15, -0.1) is 0 Å². The number of hydrogen-bond donors (Lipinski definition) is 2. The van der Waals surface area contributed by atoms with Gasteiger partial charge >= 0.3 is 0 Å². The second-order valence-electron chi connectivity index (χ2n) is 7.11. The molecule has 7 nitrogen and oxygen atoms in total. The predicted molar refractivity (Wildman–Crippen MR) is 100 cm³/mol. The van der Waals surface area contributed by atoms with Gasteiger partial charge in [0.25, 0.3) is 5.91 Å². The molecule has 1 fully saturated rings. The van der Waals surface area contributed by atoms with Crippen molar-refractivity contribution in [2.75, 3.05) is 5.32 Å². The van der Waals surface area contributed by atoms with Crippen LogP contribution in [0.1, 0.15) is 47.0 Å². The van der Waals surface area contributed by atoms with Crippen molar-refractivity contribution < 1.29 is 9.21 Å². The topological polar surface area (TPSA) is 104 Å². The van der Waals surface area contributed by atoms with Gasteiger partial charge in [0.1, 0.15) is 17.9 Å². The van der Waals surface area contributed by atoms with E-state index in [0.29, 0.717) is 40.3 Å². The molecule has 0 bridgehead atoms. The fourth-order valence-corrected chi connectivity index (χ4v) is 2.98. The third kappa shape index (κ3) is 3.34. The molecule has 1 aliphatic rings. The lowest BCUT2D eigenvalue weighted by Crippen LogP contribution is -2.24. The van der Waals surface area contributed by atoms with Gasteiger partial charge in [-0.25, -0.2) is 9.97 Å². The molecule has 1 saturated carbocycles. The van der Waals surface area contributed by atoms with Gasteiger partial charge in [0, 0.05) is 12.1 Å². The molecule has 0 spiro atoms. The molecule has 0 aliphatic heterocycles. The summed E-state index contributed by atoms with van der Waals surface area (Å²) in [6.45, 7) is 4.23. The maximum atomic E-state index is 12.9. The Labute approximate surface area is 156 Å². The summed E-state index contributed by atoms with van der Waals surface area (Å²) in [4.78, 5) is 21.4. The molecule has 4 rings (SSSR count). The number of anilines is 1. The number of amides is 1. The van der Waals surface area contributed by atoms with Crippen molar-refractivity contribution >= 4 is 22.8 Å². The number of nitrogens with one attached hydrogen (secondary N) is 2. The normalized spacial score (nSPS) is 14.6. The lowest BCUT2D eigenvalue weighted by molar-refractivity contribution is 0.0951. The van der Waals surface area contributed by atoms with Gasteiger partial charge in [0.15, 0.2) is 0 Å². The summed E-state index contributed by atoms with van der Waals surface area (Å²) in [6.07, 6.45) is 3.57. The minimum atomic E-state index is -0.241. The zero-order valence-electron chi connectivity index (χ0n) is 15.2. The summed E-state index contributed by atoms with van der Waals surface area (Å²) in [5, 5.41) is 15.8. The highest BCUT2D eigenvalue weighted by atomic mass is 16.3. The molecule has 1 aromatic carbocycles. The third-order valence-electron chi connectivity index (χ3n) is 4.85. The first-order valence-electron chi connectivity index (χ1n) is 8.79. The number of aromatic nitrogens is 2. The lowest BCUT2D eigenvalue weighted by atomic mass is 10.1. The Morgan fingerprint density at radius 2 is 2.04 bits per heavy atom. The second-order valence-corrected chi connectivity index (χ2v) is 7.11. The standard InChI is InChI=1S/C20H19N5O2/c1-12-15(18(26)22-10-14-5-3-13(9-21)4-6-14)16-17(25-20(2)7-8-20)23-11-24-19(16)27-12/h3-6,11H,7-8,10H2,1-2H3,(H,22,26)(H,23,24,25). The van der Waals surface area contributed by atoms with Crippen LogP contribution in [0, 0.1) is 18.3 Å². The monoisotopic (exact) mass is 361 g/mol. The summed E-state index contributed by atoms with van der Waals surface area (Å²) in [5.74, 6) is 0.890. The Kier molecular flexibility index (Phi) is 4.04. The van der Waals surface area contributed by atoms with Crippen LogP contribution in [-0.2, 0) is 6.54 Å². The Hall–Kier alpha value is -3.40. The highest BCUT2D eigenvalue weighted by molar-refractivity contribution is 6.10. The number of hydrogen-bond acceptors (Lipinski definition) is 6. The minimum absolute atomic E-state index is 0.0166. The number of nitrogens with zero attached hydrogens (tertiary/aromatic N) is 3. The molecule has 3 aromatic rings. The second kappa shape index (κ2) is 6.40. The van der Waals surface area contributed by atoms with E-state index in [1.807, 2.05) is 12.1 Å². The SMILES string of the molecule is Cc1oc2ncnc(NC3(C)CC3)c2c1C(=O)NCc1ccc(C#N)cc1. The van der Waals surface area contributed by atoms with Crippen LogP contribution in [0.15, 0.2) is 35.0 Å². The largest absolute Gasteiger partial charge is 0.442 e. The van der Waals surface area contributed by atoms with Crippen molar-refractivity contribution in [1.82, 2.24) is 15.3 Å². The number of carbonyl (C=O) groups excluding carboxylic acids is 1. The van der Waals surface area contributed by atoms with Gasteiger partial charge in [-0.05, 0) is 44.4 Å². The van der Waals surface area contributed by atoms with Gasteiger partial charge in [-0.2, -0.15) is 5.26 Å². The molecule has 7 heteroatoms. The molecule has 0 saturated heterocycles. The Morgan fingerprint density at radius 3 is 2.70 bits per heavy atom. The van der Waals surface area contributed by atoms with Crippen molar-refractivity contribution in [2.45, 2.75) is 38.8 Å². The lowest BCUT2D eigenvalue weighted by Gasteiger charge is -2.13. The average molecular weight is 361 g/mol. The minimum Gasteiger partial charge on any atom is -0.442 e. The molecule has 0 unspecified atom stereocenters. The number of carbonyl (C=O) groups is 1. The molecular formula is C20H19N5O2. The first kappa shape index (κ1) is 17.0. The molecule has 27 heavy (non-hydrogen) atoms. The van der Waals surface area contributed by atoms with E-state index in [0.717, 1.165) is 18.4 Å². The van der Waals surface area contributed by atoms with E-state index in [1.54, 1.807) is 19.1 Å². The van der Waals surface area contributed by atoms with E-state index >= 15 is 0 Å². The van der Waals surface area contributed by atoms with Crippen molar-refractivity contribution in [3.05, 3.63) is 53.0 Å². The highest BCUT2D eigenvalue weighted by Crippen LogP contribution is 2.40. The molecule has 1 aliphatic carbocycles. The van der Waals surface area contributed by atoms with Crippen LogP contribution >= 0.6 is 0 Å². The first-order chi connectivity index (χ1) is 13.0. The average Bonchev–Trinajstić information content (AvgIpc) is 3.28. The summed E-state index contributed by atoms with van der Waals surface area (Å²) >= 11 is 0. The number of benzene rings is 1. The zero-order valence-corrected chi connectivity index (χ0v) is 15.2. The van der Waals surface area contributed by atoms with E-state index in [2.05, 4.69) is 33.6 Å². The van der Waals surface area contributed by atoms with Crippen LogP contribution in [0.4, 0.5) is 5.82 Å². The number of nitriles is 1. The van der Waals surface area contributed by atoms with Crippen LogP contribution in [0.5, 0.6) is 0 Å². The van der Waals surface area contributed by atoms with E-state index in [1.165, 1.54) is 6.33 Å². The van der Waals surface area contributed by atoms with Crippen LogP contribution < -0.4 is 10.6 Å². The van der Waals surface area contributed by atoms with E-state index < -0.39 is 0 Å². The van der Waals surface area contributed by atoms with Crippen molar-refractivity contribution in [1.29, 1.82) is 5.26 Å². The quantitative estimate of drug-likeness (QED) is 0.723. The molecule has 1 amide bonds. The van der Waals surface area contributed by atoms with Crippen LogP contribution in [0.25, 0.3) is 11.1 Å². The van der Waals surface area contributed by atoms with Crippen molar-refractivity contribution in [2.24, 2.45) is 0 Å². The summed E-state index contributed by atoms with van der Waals surface area (Å²) in [7, 11) is 0. The van der Waals surface area contributed by atoms with Gasteiger partial charge in [0.05, 0.1) is 22.6 Å². The molecule has 2 heterocycles. The van der Waals surface area contributed by atoms with Crippen LogP contribution in [0.2, 0.25) is 0 Å². The Morgan fingerprint density at radius 1 is 1.30 bits per heavy atom. The molecule has 2 aromatic heterocycles. The summed E-state index contributed by atoms with van der Waals surface area (Å²) in [6, 6.07) is 9.18. The van der Waals surface area contributed by atoms with Crippen molar-refractivity contribution in [3.8, 4) is 6.07 Å². The Bertz CT molecular complexity index is 1060. The zero-order chi connectivity index (χ0) is 19.0. The van der Waals surface area contributed by atoms with E-state index in [-0.39, 0.29) is 11.4 Å². The molecule has 136 valence electrons. The number of rotatable bonds is 5. The maximum absolute atomic E-state index is 12.9. The van der Waals surface area contributed by atoms with E-state index in [9.17, 15) is 4.79 Å². The fraction of sp³-hybridized carbons (Fsp3) is 0.300. The smallest absolute Gasteiger partial charge is 0.255 e. The fourth-order valence-electron chi connectivity index (χ4n) is 2.98. The molecular weight excluding hydrogens is 342 g/mol. The number of fused-ring (bicyclic) bond motifs is 1. The maximum Gasteiger partial charge on any atom is 0.255 e. The highest BCUT2D eigenvalue weighted by Gasteiger charge is 2.38.